The highest BCUT2D eigenvalue weighted by Gasteiger charge is 2.41. The zero-order valence-corrected chi connectivity index (χ0v) is 36.3. The quantitative estimate of drug-likeness (QED) is 0.0766. The summed E-state index contributed by atoms with van der Waals surface area (Å²) in [5.41, 5.74) is 1.37. The highest BCUT2D eigenvalue weighted by Crippen LogP contribution is 2.40. The maximum atomic E-state index is 14.4. The van der Waals surface area contributed by atoms with Gasteiger partial charge in [-0.3, -0.25) is 14.6 Å². The molecule has 0 bridgehead atoms. The van der Waals surface area contributed by atoms with Crippen LogP contribution >= 0.6 is 46.4 Å². The third-order valence-electron chi connectivity index (χ3n) is 8.99. The second-order valence-electron chi connectivity index (χ2n) is 13.3. The number of aromatic nitrogens is 1. The first-order valence-electron chi connectivity index (χ1n) is 18.7. The van der Waals surface area contributed by atoms with Crippen molar-refractivity contribution in [3.05, 3.63) is 122 Å². The normalized spacial score (nSPS) is 14.0. The van der Waals surface area contributed by atoms with E-state index in [1.165, 1.54) is 13.2 Å². The van der Waals surface area contributed by atoms with E-state index < -0.39 is 48.4 Å². The lowest BCUT2D eigenvalue weighted by molar-refractivity contribution is -0.148. The number of fused-ring (bicyclic) bond motifs is 1. The largest absolute Gasteiger partial charge is 0.480 e. The molecular weight excluding hydrogens is 889 g/mol. The number of carboxylic acid groups (broad SMARTS) is 1. The van der Waals surface area contributed by atoms with Gasteiger partial charge in [0, 0.05) is 33.8 Å². The summed E-state index contributed by atoms with van der Waals surface area (Å²) in [7, 11) is 1.31. The van der Waals surface area contributed by atoms with E-state index in [0.717, 1.165) is 29.2 Å². The number of terminal acetylenes is 1. The minimum Gasteiger partial charge on any atom is -0.480 e. The molecule has 2 atom stereocenters. The third kappa shape index (κ3) is 11.9. The molecule has 5 aromatic rings. The number of hydrogen-bond donors (Lipinski definition) is 1. The Morgan fingerprint density at radius 2 is 1.47 bits per heavy atom. The molecule has 322 valence electrons. The van der Waals surface area contributed by atoms with Crippen molar-refractivity contribution in [2.75, 3.05) is 18.6 Å². The molecule has 1 aliphatic carbocycles. The minimum atomic E-state index is -1.03. The van der Waals surface area contributed by atoms with Gasteiger partial charge in [-0.25, -0.2) is 18.9 Å². The van der Waals surface area contributed by atoms with Gasteiger partial charge < -0.3 is 28.8 Å². The molecule has 0 saturated heterocycles. The Bertz CT molecular complexity index is 2540. The highest BCUT2D eigenvalue weighted by molar-refractivity contribution is 6.36. The molecule has 0 radical (unpaired) electrons. The lowest BCUT2D eigenvalue weighted by atomic mass is 9.93. The number of carbonyl (C=O) groups is 4. The van der Waals surface area contributed by atoms with Gasteiger partial charge >= 0.3 is 11.9 Å². The standard InChI is InChI=1S/C18H15ClFNO3.C16H14Cl2O4.C11H8ClNO3/c1-3-10(2)24-16-9-15(14(20)8-13(16)19)21-17(22)11-6-4-5-7-12(11)18(21)23;1-10(16(19)20-2)21-12-4-6-13(7-5-12)22-15-8-3-11(17)9-14(15)18;12-8-3-4-9(16-6-10(14)15)11-7(8)2-1-5-13-11/h1,8-10H,4-7H2,2H3;3-10H,1-2H3;1-5H,6H2,(H,14,15). The molecule has 1 aromatic heterocycles. The molecule has 2 heterocycles. The van der Waals surface area contributed by atoms with E-state index in [9.17, 15) is 23.6 Å². The number of benzene rings is 4. The van der Waals surface area contributed by atoms with Crippen LogP contribution in [0.4, 0.5) is 10.1 Å². The molecule has 0 spiro atoms. The van der Waals surface area contributed by atoms with Crippen molar-refractivity contribution in [3.8, 4) is 41.1 Å². The molecule has 2 aliphatic rings. The SMILES string of the molecule is C#CC(C)Oc1cc(N2C(=O)C3=C(CCCC3)C2=O)c(F)cc1Cl.COC(=O)C(C)Oc1ccc(Oc2ccc(Cl)cc2Cl)cc1.O=C(O)COc1ccc(Cl)c2cccnc12. The van der Waals surface area contributed by atoms with Crippen LogP contribution < -0.4 is 23.8 Å². The number of aliphatic carboxylic acids is 1. The first kappa shape index (κ1) is 47.0. The summed E-state index contributed by atoms with van der Waals surface area (Å²) in [6, 6.07) is 20.9. The van der Waals surface area contributed by atoms with Gasteiger partial charge in [-0.1, -0.05) is 52.3 Å². The lowest BCUT2D eigenvalue weighted by Crippen LogP contribution is -2.32. The van der Waals surface area contributed by atoms with Crippen LogP contribution in [0.25, 0.3) is 10.9 Å². The number of nitrogens with zero attached hydrogens (tertiary/aromatic N) is 2. The average molecular weight is 927 g/mol. The van der Waals surface area contributed by atoms with Crippen molar-refractivity contribution in [1.82, 2.24) is 4.98 Å². The zero-order valence-electron chi connectivity index (χ0n) is 33.3. The minimum absolute atomic E-state index is 0.0233. The summed E-state index contributed by atoms with van der Waals surface area (Å²) in [6.45, 7) is 2.85. The van der Waals surface area contributed by atoms with Crippen LogP contribution in [0.5, 0.6) is 28.7 Å². The van der Waals surface area contributed by atoms with Crippen molar-refractivity contribution < 1.29 is 52.4 Å². The summed E-state index contributed by atoms with van der Waals surface area (Å²) in [6.07, 6.45) is 8.39. The van der Waals surface area contributed by atoms with Crippen LogP contribution in [0.15, 0.2) is 96.2 Å². The van der Waals surface area contributed by atoms with E-state index in [4.69, 9.17) is 76.9 Å². The smallest absolute Gasteiger partial charge is 0.346 e. The number of ether oxygens (including phenoxy) is 5. The maximum Gasteiger partial charge on any atom is 0.346 e. The van der Waals surface area contributed by atoms with Gasteiger partial charge in [0.1, 0.15) is 40.1 Å². The highest BCUT2D eigenvalue weighted by atomic mass is 35.5. The Labute approximate surface area is 376 Å². The van der Waals surface area contributed by atoms with Gasteiger partial charge in [-0.2, -0.15) is 0 Å². The molecule has 4 aromatic carbocycles. The van der Waals surface area contributed by atoms with E-state index in [-0.39, 0.29) is 16.5 Å². The van der Waals surface area contributed by atoms with Crippen LogP contribution in [-0.4, -0.2) is 59.8 Å². The van der Waals surface area contributed by atoms with Crippen molar-refractivity contribution >= 4 is 86.7 Å². The summed E-state index contributed by atoms with van der Waals surface area (Å²) in [5, 5.41) is 10.8. The number of carbonyl (C=O) groups excluding carboxylic acids is 3. The monoisotopic (exact) mass is 924 g/mol. The number of carboxylic acids is 1. The first-order valence-corrected chi connectivity index (χ1v) is 20.2. The molecular formula is C45H37Cl4FN2O10. The second-order valence-corrected chi connectivity index (χ2v) is 15.0. The number of halogens is 5. The molecule has 0 fully saturated rings. The van der Waals surface area contributed by atoms with E-state index in [1.807, 2.05) is 0 Å². The molecule has 1 aliphatic heterocycles. The molecule has 0 saturated carbocycles. The van der Waals surface area contributed by atoms with E-state index >= 15 is 0 Å². The van der Waals surface area contributed by atoms with E-state index in [1.54, 1.807) is 86.8 Å². The number of rotatable bonds is 11. The topological polar surface area (TPSA) is 151 Å². The number of hydrogen-bond acceptors (Lipinski definition) is 10. The van der Waals surface area contributed by atoms with Gasteiger partial charge in [-0.15, -0.1) is 6.42 Å². The Balaban J connectivity index is 0.000000179. The molecule has 2 amide bonds. The van der Waals surface area contributed by atoms with E-state index in [0.29, 0.717) is 67.6 Å². The van der Waals surface area contributed by atoms with Crippen LogP contribution in [-0.2, 0) is 23.9 Å². The summed E-state index contributed by atoms with van der Waals surface area (Å²) >= 11 is 23.8. The van der Waals surface area contributed by atoms with Gasteiger partial charge in [0.25, 0.3) is 11.8 Å². The predicted octanol–water partition coefficient (Wildman–Crippen LogP) is 10.7. The van der Waals surface area contributed by atoms with Crippen molar-refractivity contribution in [2.45, 2.75) is 51.7 Å². The average Bonchev–Trinajstić information content (AvgIpc) is 3.51. The fraction of sp³-hybridized carbons (Fsp3) is 0.222. The molecule has 62 heavy (non-hydrogen) atoms. The molecule has 2 unspecified atom stereocenters. The predicted molar refractivity (Wildman–Crippen MR) is 233 cm³/mol. The molecule has 1 N–H and O–H groups in total. The van der Waals surface area contributed by atoms with Gasteiger partial charge in [0.15, 0.2) is 18.8 Å². The van der Waals surface area contributed by atoms with Crippen LogP contribution in [0.1, 0.15) is 39.5 Å². The number of amides is 2. The Morgan fingerprint density at radius 3 is 2.08 bits per heavy atom. The van der Waals surface area contributed by atoms with Crippen molar-refractivity contribution in [1.29, 1.82) is 0 Å². The van der Waals surface area contributed by atoms with Crippen molar-refractivity contribution in [3.63, 3.8) is 0 Å². The van der Waals surface area contributed by atoms with Crippen LogP contribution in [0.3, 0.4) is 0 Å². The molecule has 17 heteroatoms. The zero-order chi connectivity index (χ0) is 45.1. The number of anilines is 1. The van der Waals surface area contributed by atoms with Gasteiger partial charge in [0.05, 0.1) is 27.9 Å². The van der Waals surface area contributed by atoms with E-state index in [2.05, 4.69) is 15.6 Å². The summed E-state index contributed by atoms with van der Waals surface area (Å²) in [4.78, 5) is 51.8. The number of esters is 1. The van der Waals surface area contributed by atoms with Crippen molar-refractivity contribution in [2.24, 2.45) is 0 Å². The van der Waals surface area contributed by atoms with Crippen LogP contribution in [0, 0.1) is 18.2 Å². The second kappa shape index (κ2) is 21.7. The Hall–Kier alpha value is -6.04. The van der Waals surface area contributed by atoms with Crippen LogP contribution in [0.2, 0.25) is 20.1 Å². The lowest BCUT2D eigenvalue weighted by Gasteiger charge is -2.19. The molecule has 12 nitrogen and oxygen atoms in total. The number of pyridine rings is 1. The fourth-order valence-electron chi connectivity index (χ4n) is 6.02. The summed E-state index contributed by atoms with van der Waals surface area (Å²) in [5.74, 6) is 1.38. The van der Waals surface area contributed by atoms with Gasteiger partial charge in [0.2, 0.25) is 0 Å². The van der Waals surface area contributed by atoms with Gasteiger partial charge in [-0.05, 0) is 112 Å². The maximum absolute atomic E-state index is 14.4. The molecule has 7 rings (SSSR count). The first-order chi connectivity index (χ1) is 29.6. The number of methoxy groups -OCH3 is 1. The third-order valence-corrected chi connectivity index (χ3v) is 10.1. The fourth-order valence-corrected chi connectivity index (χ4v) is 6.88. The Morgan fingerprint density at radius 1 is 0.839 bits per heavy atom. The summed E-state index contributed by atoms with van der Waals surface area (Å²) < 4.78 is 40.6. The number of imide groups is 1. The Kier molecular flexibility index (Phi) is 16.4.